The normalized spacial score (nSPS) is 9.88. The van der Waals surface area contributed by atoms with Gasteiger partial charge < -0.3 is 15.4 Å². The predicted octanol–water partition coefficient (Wildman–Crippen LogP) is 2.20. The molecule has 0 fully saturated rings. The van der Waals surface area contributed by atoms with Crippen LogP contribution in [0.4, 0.5) is 5.69 Å². The second-order valence-corrected chi connectivity index (χ2v) is 4.21. The van der Waals surface area contributed by atoms with E-state index in [1.165, 1.54) is 5.69 Å². The number of methoxy groups -OCH3 is 1. The molecule has 0 heterocycles. The van der Waals surface area contributed by atoms with Crippen molar-refractivity contribution < 1.29 is 4.74 Å². The number of hydrogen-bond donors (Lipinski definition) is 1. The Balaban J connectivity index is 2.45. The van der Waals surface area contributed by atoms with Gasteiger partial charge in [-0.05, 0) is 37.1 Å². The summed E-state index contributed by atoms with van der Waals surface area (Å²) in [7, 11) is 3.72. The van der Waals surface area contributed by atoms with E-state index in [-0.39, 0.29) is 0 Å². The Morgan fingerprint density at radius 1 is 1.38 bits per heavy atom. The molecule has 0 aromatic heterocycles. The van der Waals surface area contributed by atoms with Crippen LogP contribution in [0.15, 0.2) is 24.3 Å². The predicted molar refractivity (Wildman–Crippen MR) is 72.3 cm³/mol. The Morgan fingerprint density at radius 3 is 2.50 bits per heavy atom. The Labute approximate surface area is 102 Å². The SMILES string of the molecule is COc1ccc(N(C)CCCC(N)=S)cc1. The molecule has 0 amide bonds. The van der Waals surface area contributed by atoms with E-state index in [1.807, 2.05) is 24.3 Å². The van der Waals surface area contributed by atoms with Gasteiger partial charge in [0.2, 0.25) is 0 Å². The molecule has 88 valence electrons. The monoisotopic (exact) mass is 238 g/mol. The smallest absolute Gasteiger partial charge is 0.119 e. The summed E-state index contributed by atoms with van der Waals surface area (Å²) < 4.78 is 5.11. The van der Waals surface area contributed by atoms with Gasteiger partial charge in [-0.2, -0.15) is 0 Å². The highest BCUT2D eigenvalue weighted by Crippen LogP contribution is 2.18. The average molecular weight is 238 g/mol. The van der Waals surface area contributed by atoms with Crippen LogP contribution < -0.4 is 15.4 Å². The Hall–Kier alpha value is -1.29. The molecule has 0 atom stereocenters. The van der Waals surface area contributed by atoms with Crippen LogP contribution in [0.5, 0.6) is 5.75 Å². The summed E-state index contributed by atoms with van der Waals surface area (Å²) in [6, 6.07) is 8.00. The van der Waals surface area contributed by atoms with E-state index in [0.29, 0.717) is 4.99 Å². The fourth-order valence-electron chi connectivity index (χ4n) is 1.46. The molecule has 0 aliphatic rings. The van der Waals surface area contributed by atoms with Gasteiger partial charge in [-0.25, -0.2) is 0 Å². The summed E-state index contributed by atoms with van der Waals surface area (Å²) >= 11 is 4.84. The minimum Gasteiger partial charge on any atom is -0.497 e. The molecule has 0 aliphatic heterocycles. The van der Waals surface area contributed by atoms with Crippen molar-refractivity contribution in [2.45, 2.75) is 12.8 Å². The number of rotatable bonds is 6. The van der Waals surface area contributed by atoms with Gasteiger partial charge in [0.25, 0.3) is 0 Å². The van der Waals surface area contributed by atoms with Crippen LogP contribution in [-0.2, 0) is 0 Å². The zero-order chi connectivity index (χ0) is 12.0. The van der Waals surface area contributed by atoms with Crippen molar-refractivity contribution in [3.8, 4) is 5.75 Å². The molecule has 0 bridgehead atoms. The molecule has 0 aliphatic carbocycles. The van der Waals surface area contributed by atoms with Crippen LogP contribution in [0.1, 0.15) is 12.8 Å². The van der Waals surface area contributed by atoms with Gasteiger partial charge >= 0.3 is 0 Å². The van der Waals surface area contributed by atoms with E-state index in [9.17, 15) is 0 Å². The van der Waals surface area contributed by atoms with Crippen molar-refractivity contribution in [3.05, 3.63) is 24.3 Å². The molecule has 2 N–H and O–H groups in total. The fraction of sp³-hybridized carbons (Fsp3) is 0.417. The second-order valence-electron chi connectivity index (χ2n) is 3.69. The molecule has 1 aromatic carbocycles. The van der Waals surface area contributed by atoms with E-state index >= 15 is 0 Å². The molecular weight excluding hydrogens is 220 g/mol. The molecule has 0 spiro atoms. The Kier molecular flexibility index (Phi) is 5.05. The first-order valence-corrected chi connectivity index (χ1v) is 5.68. The zero-order valence-electron chi connectivity index (χ0n) is 9.77. The molecule has 0 saturated heterocycles. The summed E-state index contributed by atoms with van der Waals surface area (Å²) in [6.07, 6.45) is 1.79. The third-order valence-electron chi connectivity index (χ3n) is 2.43. The summed E-state index contributed by atoms with van der Waals surface area (Å²) in [5, 5.41) is 0. The van der Waals surface area contributed by atoms with Crippen LogP contribution in [0.3, 0.4) is 0 Å². The highest BCUT2D eigenvalue weighted by molar-refractivity contribution is 7.80. The maximum absolute atomic E-state index is 5.45. The van der Waals surface area contributed by atoms with Crippen LogP contribution in [0, 0.1) is 0 Å². The topological polar surface area (TPSA) is 38.5 Å². The van der Waals surface area contributed by atoms with Gasteiger partial charge in [0.1, 0.15) is 5.75 Å². The van der Waals surface area contributed by atoms with Gasteiger partial charge in [0.05, 0.1) is 12.1 Å². The number of thiocarbonyl (C=S) groups is 1. The van der Waals surface area contributed by atoms with Crippen LogP contribution >= 0.6 is 12.2 Å². The lowest BCUT2D eigenvalue weighted by atomic mass is 10.2. The first kappa shape index (κ1) is 12.8. The van der Waals surface area contributed by atoms with Crippen LogP contribution in [-0.4, -0.2) is 25.7 Å². The van der Waals surface area contributed by atoms with Gasteiger partial charge in [-0.15, -0.1) is 0 Å². The third-order valence-corrected chi connectivity index (χ3v) is 2.63. The quantitative estimate of drug-likeness (QED) is 0.771. The maximum Gasteiger partial charge on any atom is 0.119 e. The molecule has 0 unspecified atom stereocenters. The lowest BCUT2D eigenvalue weighted by Gasteiger charge is -2.19. The number of nitrogens with zero attached hydrogens (tertiary/aromatic N) is 1. The molecule has 1 rings (SSSR count). The van der Waals surface area contributed by atoms with Crippen molar-refractivity contribution in [2.75, 3.05) is 25.6 Å². The standard InChI is InChI=1S/C12H18N2OS/c1-14(9-3-4-12(13)16)10-5-7-11(15-2)8-6-10/h5-8H,3-4,9H2,1-2H3,(H2,13,16). The first-order valence-electron chi connectivity index (χ1n) is 5.27. The number of anilines is 1. The van der Waals surface area contributed by atoms with Crippen molar-refractivity contribution in [3.63, 3.8) is 0 Å². The number of benzene rings is 1. The van der Waals surface area contributed by atoms with E-state index in [1.54, 1.807) is 7.11 Å². The Morgan fingerprint density at radius 2 is 2.00 bits per heavy atom. The van der Waals surface area contributed by atoms with Gasteiger partial charge in [0, 0.05) is 19.3 Å². The van der Waals surface area contributed by atoms with Gasteiger partial charge in [-0.1, -0.05) is 12.2 Å². The van der Waals surface area contributed by atoms with Crippen molar-refractivity contribution in [2.24, 2.45) is 5.73 Å². The molecule has 0 radical (unpaired) electrons. The highest BCUT2D eigenvalue weighted by atomic mass is 32.1. The van der Waals surface area contributed by atoms with E-state index < -0.39 is 0 Å². The second kappa shape index (κ2) is 6.33. The van der Waals surface area contributed by atoms with Gasteiger partial charge in [0.15, 0.2) is 0 Å². The number of ether oxygens (including phenoxy) is 1. The molecule has 3 nitrogen and oxygen atoms in total. The van der Waals surface area contributed by atoms with E-state index in [0.717, 1.165) is 25.1 Å². The minimum atomic E-state index is 0.586. The largest absolute Gasteiger partial charge is 0.497 e. The lowest BCUT2D eigenvalue weighted by molar-refractivity contribution is 0.415. The Bertz CT molecular complexity index is 337. The minimum absolute atomic E-state index is 0.586. The van der Waals surface area contributed by atoms with Crippen molar-refractivity contribution in [1.82, 2.24) is 0 Å². The zero-order valence-corrected chi connectivity index (χ0v) is 10.6. The molecular formula is C12H18N2OS. The van der Waals surface area contributed by atoms with Crippen LogP contribution in [0.25, 0.3) is 0 Å². The summed E-state index contributed by atoms with van der Waals surface area (Å²) in [4.78, 5) is 2.76. The van der Waals surface area contributed by atoms with Crippen molar-refractivity contribution >= 4 is 22.9 Å². The summed E-state index contributed by atoms with van der Waals surface area (Å²) in [5.41, 5.74) is 6.62. The van der Waals surface area contributed by atoms with E-state index in [4.69, 9.17) is 22.7 Å². The average Bonchev–Trinajstić information content (AvgIpc) is 2.28. The lowest BCUT2D eigenvalue weighted by Crippen LogP contribution is -2.20. The third kappa shape index (κ3) is 4.06. The molecule has 16 heavy (non-hydrogen) atoms. The first-order chi connectivity index (χ1) is 7.63. The fourth-order valence-corrected chi connectivity index (χ4v) is 1.60. The van der Waals surface area contributed by atoms with E-state index in [2.05, 4.69) is 11.9 Å². The number of nitrogens with two attached hydrogens (primary N) is 1. The highest BCUT2D eigenvalue weighted by Gasteiger charge is 2.01. The van der Waals surface area contributed by atoms with Crippen molar-refractivity contribution in [1.29, 1.82) is 0 Å². The molecule has 0 saturated carbocycles. The molecule has 4 heteroatoms. The summed E-state index contributed by atoms with van der Waals surface area (Å²) in [6.45, 7) is 0.948. The number of hydrogen-bond acceptors (Lipinski definition) is 3. The maximum atomic E-state index is 5.45. The van der Waals surface area contributed by atoms with Gasteiger partial charge in [-0.3, -0.25) is 0 Å². The molecule has 1 aromatic rings. The summed E-state index contributed by atoms with van der Waals surface area (Å²) in [5.74, 6) is 0.875. The van der Waals surface area contributed by atoms with Crippen LogP contribution in [0.2, 0.25) is 0 Å².